The van der Waals surface area contributed by atoms with Crippen LogP contribution in [0.1, 0.15) is 17.9 Å². The number of ether oxygens (including phenoxy) is 3. The van der Waals surface area contributed by atoms with Gasteiger partial charge in [0.05, 0.1) is 5.69 Å². The molecular formula is C15H13N3O4. The summed E-state index contributed by atoms with van der Waals surface area (Å²) in [7, 11) is 0. The minimum absolute atomic E-state index is 0.0325. The highest BCUT2D eigenvalue weighted by molar-refractivity contribution is 5.82. The first-order chi connectivity index (χ1) is 10.8. The summed E-state index contributed by atoms with van der Waals surface area (Å²) in [6.45, 7) is -0.109. The van der Waals surface area contributed by atoms with E-state index in [0.29, 0.717) is 0 Å². The van der Waals surface area contributed by atoms with Gasteiger partial charge >= 0.3 is 5.97 Å². The van der Waals surface area contributed by atoms with Gasteiger partial charge < -0.3 is 14.2 Å². The molecule has 0 bridgehead atoms. The van der Waals surface area contributed by atoms with Gasteiger partial charge in [-0.2, -0.15) is 10.5 Å². The first-order valence-corrected chi connectivity index (χ1v) is 6.61. The van der Waals surface area contributed by atoms with E-state index in [9.17, 15) is 4.79 Å². The Labute approximate surface area is 127 Å². The highest BCUT2D eigenvalue weighted by Gasteiger charge is 2.29. The van der Waals surface area contributed by atoms with Crippen molar-refractivity contribution >= 4 is 17.9 Å². The zero-order chi connectivity index (χ0) is 15.8. The molecule has 0 saturated heterocycles. The molecule has 2 rings (SSSR count). The Bertz CT molecular complexity index is 645. The Kier molecular flexibility index (Phi) is 5.33. The Balaban J connectivity index is 1.95. The molecule has 7 heteroatoms. The highest BCUT2D eigenvalue weighted by Crippen LogP contribution is 2.34. The largest absolute Gasteiger partial charge is 0.459 e. The lowest BCUT2D eigenvalue weighted by Crippen LogP contribution is -2.28. The summed E-state index contributed by atoms with van der Waals surface area (Å²) in [5.41, 5.74) is 1.83. The number of rotatable bonds is 7. The summed E-state index contributed by atoms with van der Waals surface area (Å²) in [5.74, 6) is -0.779. The van der Waals surface area contributed by atoms with Crippen LogP contribution in [-0.4, -0.2) is 31.5 Å². The number of fused-ring (bicyclic) bond motifs is 1. The zero-order valence-corrected chi connectivity index (χ0v) is 11.6. The first-order valence-electron chi connectivity index (χ1n) is 6.61. The third-order valence-electron chi connectivity index (χ3n) is 3.15. The number of carbonyl (C=O) groups is 1. The van der Waals surface area contributed by atoms with Crippen LogP contribution in [0.2, 0.25) is 0 Å². The molecule has 0 fully saturated rings. The lowest BCUT2D eigenvalue weighted by atomic mass is 9.95. The molecule has 0 saturated carbocycles. The van der Waals surface area contributed by atoms with Crippen LogP contribution in [0.25, 0.3) is 0 Å². The van der Waals surface area contributed by atoms with Gasteiger partial charge in [0, 0.05) is 18.6 Å². The number of nitriles is 2. The van der Waals surface area contributed by atoms with Gasteiger partial charge in [-0.3, -0.25) is 4.99 Å². The van der Waals surface area contributed by atoms with E-state index in [2.05, 4.69) is 9.73 Å². The molecule has 1 aromatic carbocycles. The molecule has 1 aliphatic rings. The van der Waals surface area contributed by atoms with E-state index in [1.165, 1.54) is 12.5 Å². The maximum atomic E-state index is 11.9. The molecule has 1 heterocycles. The van der Waals surface area contributed by atoms with Crippen LogP contribution < -0.4 is 0 Å². The number of aliphatic imine (C=N–C) groups is 1. The molecule has 0 aliphatic carbocycles. The Morgan fingerprint density at radius 1 is 1.27 bits per heavy atom. The molecule has 0 aromatic heterocycles. The summed E-state index contributed by atoms with van der Waals surface area (Å²) in [6.07, 6.45) is 3.96. The van der Waals surface area contributed by atoms with Crippen molar-refractivity contribution in [2.45, 2.75) is 18.4 Å². The van der Waals surface area contributed by atoms with Crippen LogP contribution in [0.4, 0.5) is 5.69 Å². The van der Waals surface area contributed by atoms with E-state index >= 15 is 0 Å². The summed E-state index contributed by atoms with van der Waals surface area (Å²) < 4.78 is 14.1. The van der Waals surface area contributed by atoms with Gasteiger partial charge in [0.15, 0.2) is 0 Å². The zero-order valence-electron chi connectivity index (χ0n) is 11.6. The van der Waals surface area contributed by atoms with Gasteiger partial charge in [0.25, 0.3) is 12.5 Å². The number of esters is 1. The van der Waals surface area contributed by atoms with Gasteiger partial charge in [0.1, 0.15) is 13.2 Å². The normalized spacial score (nSPS) is 16.0. The van der Waals surface area contributed by atoms with Gasteiger partial charge in [-0.1, -0.05) is 18.2 Å². The second-order valence-electron chi connectivity index (χ2n) is 4.48. The van der Waals surface area contributed by atoms with E-state index < -0.39 is 12.1 Å². The summed E-state index contributed by atoms with van der Waals surface area (Å²) >= 11 is 0. The Morgan fingerprint density at radius 3 is 2.86 bits per heavy atom. The smallest absolute Gasteiger partial charge is 0.348 e. The fraction of sp³-hybridized carbons (Fsp3) is 0.333. The molecule has 0 radical (unpaired) electrons. The molecule has 1 aromatic rings. The fourth-order valence-corrected chi connectivity index (χ4v) is 2.17. The van der Waals surface area contributed by atoms with Crippen molar-refractivity contribution in [3.8, 4) is 12.5 Å². The summed E-state index contributed by atoms with van der Waals surface area (Å²) in [5, 5.41) is 16.9. The molecule has 1 aliphatic heterocycles. The second kappa shape index (κ2) is 7.65. The first kappa shape index (κ1) is 15.3. The minimum atomic E-state index is -1.02. The fourth-order valence-electron chi connectivity index (χ4n) is 2.17. The minimum Gasteiger partial charge on any atom is -0.459 e. The molecule has 22 heavy (non-hydrogen) atoms. The van der Waals surface area contributed by atoms with Crippen LogP contribution >= 0.6 is 0 Å². The molecule has 2 unspecified atom stereocenters. The number of benzene rings is 1. The lowest BCUT2D eigenvalue weighted by Gasteiger charge is -2.16. The summed E-state index contributed by atoms with van der Waals surface area (Å²) in [6, 6.07) is 7.57. The quantitative estimate of drug-likeness (QED) is 0.432. The molecule has 0 amide bonds. The molecule has 2 atom stereocenters. The number of carbonyl (C=O) groups excluding carboxylic acids is 1. The highest BCUT2D eigenvalue weighted by atomic mass is 16.6. The maximum absolute atomic E-state index is 11.9. The maximum Gasteiger partial charge on any atom is 0.348 e. The third kappa shape index (κ3) is 3.74. The predicted octanol–water partition coefficient (Wildman–Crippen LogP) is 1.78. The summed E-state index contributed by atoms with van der Waals surface area (Å²) in [4.78, 5) is 16.2. The molecule has 0 N–H and O–H groups in total. The van der Waals surface area contributed by atoms with Crippen LogP contribution in [0.3, 0.4) is 0 Å². The van der Waals surface area contributed by atoms with E-state index in [1.807, 2.05) is 24.3 Å². The monoisotopic (exact) mass is 299 g/mol. The number of hydrogen-bond donors (Lipinski definition) is 0. The standard InChI is InChI=1S/C15H13N3O4/c16-9-20-5-6-21-15(19)14(22-10-17)7-11-8-18-13-4-2-1-3-12(11)13/h1-4,8,11,14H,5-7H2. The lowest BCUT2D eigenvalue weighted by molar-refractivity contribution is -0.154. The van der Waals surface area contributed by atoms with Crippen molar-refractivity contribution < 1.29 is 19.0 Å². The van der Waals surface area contributed by atoms with Crippen LogP contribution in [0.5, 0.6) is 0 Å². The molecule has 112 valence electrons. The van der Waals surface area contributed by atoms with Crippen molar-refractivity contribution in [2.24, 2.45) is 4.99 Å². The van der Waals surface area contributed by atoms with Crippen molar-refractivity contribution in [2.75, 3.05) is 13.2 Å². The van der Waals surface area contributed by atoms with Crippen LogP contribution in [0, 0.1) is 23.0 Å². The average Bonchev–Trinajstić information content (AvgIpc) is 2.94. The molecule has 7 nitrogen and oxygen atoms in total. The van der Waals surface area contributed by atoms with Crippen LogP contribution in [-0.2, 0) is 19.0 Å². The van der Waals surface area contributed by atoms with Gasteiger partial charge in [0.2, 0.25) is 6.10 Å². The number of para-hydroxylation sites is 1. The van der Waals surface area contributed by atoms with E-state index in [-0.39, 0.29) is 25.6 Å². The van der Waals surface area contributed by atoms with E-state index in [1.54, 1.807) is 6.21 Å². The molecular weight excluding hydrogens is 286 g/mol. The van der Waals surface area contributed by atoms with Crippen molar-refractivity contribution in [1.82, 2.24) is 0 Å². The van der Waals surface area contributed by atoms with Gasteiger partial charge in [-0.15, -0.1) is 0 Å². The van der Waals surface area contributed by atoms with Crippen molar-refractivity contribution in [3.05, 3.63) is 29.8 Å². The van der Waals surface area contributed by atoms with Gasteiger partial charge in [-0.05, 0) is 11.6 Å². The number of nitrogens with zero attached hydrogens (tertiary/aromatic N) is 3. The number of hydrogen-bond acceptors (Lipinski definition) is 7. The van der Waals surface area contributed by atoms with E-state index in [0.717, 1.165) is 11.3 Å². The Hall–Kier alpha value is -3.06. The SMILES string of the molecule is N#COCCOC(=O)C(CC1C=Nc2ccccc21)OC#N. The third-order valence-corrected chi connectivity index (χ3v) is 3.15. The van der Waals surface area contributed by atoms with Crippen molar-refractivity contribution in [3.63, 3.8) is 0 Å². The van der Waals surface area contributed by atoms with E-state index in [4.69, 9.17) is 20.0 Å². The molecule has 0 spiro atoms. The topological polar surface area (TPSA) is 105 Å². The van der Waals surface area contributed by atoms with Gasteiger partial charge in [-0.25, -0.2) is 4.79 Å². The second-order valence-corrected chi connectivity index (χ2v) is 4.48. The van der Waals surface area contributed by atoms with Crippen LogP contribution in [0.15, 0.2) is 29.3 Å². The Morgan fingerprint density at radius 2 is 2.09 bits per heavy atom. The van der Waals surface area contributed by atoms with Crippen molar-refractivity contribution in [1.29, 1.82) is 10.5 Å². The average molecular weight is 299 g/mol. The predicted molar refractivity (Wildman–Crippen MR) is 75.0 cm³/mol.